The van der Waals surface area contributed by atoms with Crippen LogP contribution in [-0.2, 0) is 6.54 Å². The molecule has 0 saturated carbocycles. The van der Waals surface area contributed by atoms with Crippen molar-refractivity contribution in [2.45, 2.75) is 6.54 Å². The van der Waals surface area contributed by atoms with Crippen LogP contribution in [-0.4, -0.2) is 16.5 Å². The lowest BCUT2D eigenvalue weighted by molar-refractivity contribution is 0.740. The smallest absolute Gasteiger partial charge is 0.0890 e. The minimum Gasteiger partial charge on any atom is -0.308 e. The molecule has 1 aromatic heterocycles. The number of hydrogen-bond acceptors (Lipinski definition) is 3. The van der Waals surface area contributed by atoms with E-state index in [1.807, 2.05) is 30.3 Å². The standard InChI is InChI=1S/C12H13N3/c1-2-7-13-8-10-9-14-11-5-3-4-6-12(11)15-10/h2-6,9,13H,1,7-8H2. The summed E-state index contributed by atoms with van der Waals surface area (Å²) in [5.74, 6) is 0. The molecule has 0 aliphatic heterocycles. The molecule has 2 aromatic rings. The molecule has 1 aromatic carbocycles. The van der Waals surface area contributed by atoms with Gasteiger partial charge in [-0.15, -0.1) is 6.58 Å². The summed E-state index contributed by atoms with van der Waals surface area (Å²) in [5, 5.41) is 3.20. The van der Waals surface area contributed by atoms with Crippen molar-refractivity contribution < 1.29 is 0 Å². The highest BCUT2D eigenvalue weighted by molar-refractivity contribution is 5.73. The van der Waals surface area contributed by atoms with Gasteiger partial charge in [-0.05, 0) is 12.1 Å². The molecule has 15 heavy (non-hydrogen) atoms. The second-order valence-corrected chi connectivity index (χ2v) is 3.27. The first kappa shape index (κ1) is 9.80. The van der Waals surface area contributed by atoms with Gasteiger partial charge in [-0.2, -0.15) is 0 Å². The second kappa shape index (κ2) is 4.66. The third kappa shape index (κ3) is 2.39. The zero-order chi connectivity index (χ0) is 10.5. The maximum Gasteiger partial charge on any atom is 0.0890 e. The fourth-order valence-electron chi connectivity index (χ4n) is 1.38. The molecule has 3 nitrogen and oxygen atoms in total. The van der Waals surface area contributed by atoms with Crippen molar-refractivity contribution in [3.8, 4) is 0 Å². The van der Waals surface area contributed by atoms with E-state index in [2.05, 4.69) is 21.9 Å². The largest absolute Gasteiger partial charge is 0.308 e. The normalized spacial score (nSPS) is 10.4. The highest BCUT2D eigenvalue weighted by Gasteiger charge is 1.97. The van der Waals surface area contributed by atoms with Crippen molar-refractivity contribution in [3.05, 3.63) is 48.8 Å². The molecule has 1 heterocycles. The fraction of sp³-hybridized carbons (Fsp3) is 0.167. The van der Waals surface area contributed by atoms with Crippen LogP contribution in [0.4, 0.5) is 0 Å². The van der Waals surface area contributed by atoms with Gasteiger partial charge in [-0.25, -0.2) is 4.98 Å². The lowest BCUT2D eigenvalue weighted by Gasteiger charge is -2.02. The Labute approximate surface area is 88.9 Å². The van der Waals surface area contributed by atoms with Gasteiger partial charge in [-0.1, -0.05) is 18.2 Å². The monoisotopic (exact) mass is 199 g/mol. The lowest BCUT2D eigenvalue weighted by Crippen LogP contribution is -2.13. The average Bonchev–Trinajstić information content (AvgIpc) is 2.29. The Hall–Kier alpha value is -1.74. The van der Waals surface area contributed by atoms with E-state index in [0.29, 0.717) is 0 Å². The topological polar surface area (TPSA) is 37.8 Å². The summed E-state index contributed by atoms with van der Waals surface area (Å²) in [6.45, 7) is 5.16. The molecule has 3 heteroatoms. The molecule has 2 rings (SSSR count). The Kier molecular flexibility index (Phi) is 3.05. The molecule has 0 radical (unpaired) electrons. The van der Waals surface area contributed by atoms with Crippen LogP contribution in [0, 0.1) is 0 Å². The van der Waals surface area contributed by atoms with Gasteiger partial charge in [-0.3, -0.25) is 4.98 Å². The maximum atomic E-state index is 4.49. The molecule has 1 N–H and O–H groups in total. The van der Waals surface area contributed by atoms with Crippen molar-refractivity contribution >= 4 is 11.0 Å². The van der Waals surface area contributed by atoms with Crippen LogP contribution < -0.4 is 5.32 Å². The van der Waals surface area contributed by atoms with E-state index >= 15 is 0 Å². The van der Waals surface area contributed by atoms with Crippen LogP contribution in [0.5, 0.6) is 0 Å². The molecule has 0 aliphatic carbocycles. The summed E-state index contributed by atoms with van der Waals surface area (Å²) in [7, 11) is 0. The number of nitrogens with one attached hydrogen (secondary N) is 1. The number of hydrogen-bond donors (Lipinski definition) is 1. The zero-order valence-electron chi connectivity index (χ0n) is 8.48. The molecule has 76 valence electrons. The number of benzene rings is 1. The Balaban J connectivity index is 2.19. The van der Waals surface area contributed by atoms with E-state index < -0.39 is 0 Å². The first-order valence-electron chi connectivity index (χ1n) is 4.92. The van der Waals surface area contributed by atoms with Gasteiger partial charge in [0.1, 0.15) is 0 Å². The highest BCUT2D eigenvalue weighted by atomic mass is 14.9. The number of fused-ring (bicyclic) bond motifs is 1. The number of nitrogens with zero attached hydrogens (tertiary/aromatic N) is 2. The van der Waals surface area contributed by atoms with Gasteiger partial charge in [0.2, 0.25) is 0 Å². The molecule has 0 saturated heterocycles. The molecule has 0 unspecified atom stereocenters. The van der Waals surface area contributed by atoms with Crippen molar-refractivity contribution in [3.63, 3.8) is 0 Å². The average molecular weight is 199 g/mol. The quantitative estimate of drug-likeness (QED) is 0.603. The number of para-hydroxylation sites is 2. The predicted octanol–water partition coefficient (Wildman–Crippen LogP) is 1.91. The Morgan fingerprint density at radius 1 is 1.27 bits per heavy atom. The third-order valence-electron chi connectivity index (χ3n) is 2.09. The minimum absolute atomic E-state index is 0.726. The van der Waals surface area contributed by atoms with Crippen LogP contribution in [0.2, 0.25) is 0 Å². The van der Waals surface area contributed by atoms with Crippen LogP contribution in [0.1, 0.15) is 5.69 Å². The van der Waals surface area contributed by atoms with Crippen molar-refractivity contribution in [1.82, 2.24) is 15.3 Å². The first-order valence-corrected chi connectivity index (χ1v) is 4.92. The van der Waals surface area contributed by atoms with E-state index in [1.165, 1.54) is 0 Å². The van der Waals surface area contributed by atoms with Gasteiger partial charge in [0, 0.05) is 13.1 Å². The van der Waals surface area contributed by atoms with Gasteiger partial charge in [0.05, 0.1) is 22.9 Å². The SMILES string of the molecule is C=CCNCc1cnc2ccccc2n1. The Bertz CT molecular complexity index is 465. The van der Waals surface area contributed by atoms with Crippen LogP contribution >= 0.6 is 0 Å². The molecular formula is C12H13N3. The number of aromatic nitrogens is 2. The summed E-state index contributed by atoms with van der Waals surface area (Å²) < 4.78 is 0. The van der Waals surface area contributed by atoms with Gasteiger partial charge in [0.15, 0.2) is 0 Å². The van der Waals surface area contributed by atoms with E-state index in [-0.39, 0.29) is 0 Å². The van der Waals surface area contributed by atoms with E-state index in [0.717, 1.165) is 29.8 Å². The molecule has 0 aliphatic rings. The second-order valence-electron chi connectivity index (χ2n) is 3.27. The van der Waals surface area contributed by atoms with E-state index in [9.17, 15) is 0 Å². The summed E-state index contributed by atoms with van der Waals surface area (Å²) in [6, 6.07) is 7.87. The Morgan fingerprint density at radius 2 is 2.07 bits per heavy atom. The molecule has 0 spiro atoms. The molecular weight excluding hydrogens is 186 g/mol. The van der Waals surface area contributed by atoms with E-state index in [1.54, 1.807) is 6.20 Å². The highest BCUT2D eigenvalue weighted by Crippen LogP contribution is 2.07. The first-order chi connectivity index (χ1) is 7.40. The lowest BCUT2D eigenvalue weighted by atomic mass is 10.3. The molecule has 0 bridgehead atoms. The van der Waals surface area contributed by atoms with Crippen molar-refractivity contribution in [1.29, 1.82) is 0 Å². The van der Waals surface area contributed by atoms with Crippen LogP contribution in [0.3, 0.4) is 0 Å². The summed E-state index contributed by atoms with van der Waals surface area (Å²) >= 11 is 0. The van der Waals surface area contributed by atoms with Crippen molar-refractivity contribution in [2.75, 3.05) is 6.54 Å². The van der Waals surface area contributed by atoms with Crippen LogP contribution in [0.15, 0.2) is 43.1 Å². The fourth-order valence-corrected chi connectivity index (χ4v) is 1.38. The van der Waals surface area contributed by atoms with Gasteiger partial charge >= 0.3 is 0 Å². The molecule has 0 amide bonds. The van der Waals surface area contributed by atoms with Crippen LogP contribution in [0.25, 0.3) is 11.0 Å². The summed E-state index contributed by atoms with van der Waals surface area (Å²) in [5.41, 5.74) is 2.83. The van der Waals surface area contributed by atoms with Crippen molar-refractivity contribution in [2.24, 2.45) is 0 Å². The molecule has 0 fully saturated rings. The van der Waals surface area contributed by atoms with Gasteiger partial charge in [0.25, 0.3) is 0 Å². The Morgan fingerprint density at radius 3 is 2.87 bits per heavy atom. The zero-order valence-corrected chi connectivity index (χ0v) is 8.48. The van der Waals surface area contributed by atoms with E-state index in [4.69, 9.17) is 0 Å². The summed E-state index contributed by atoms with van der Waals surface area (Å²) in [6.07, 6.45) is 3.63. The number of rotatable bonds is 4. The predicted molar refractivity (Wildman–Crippen MR) is 61.4 cm³/mol. The minimum atomic E-state index is 0.726. The summed E-state index contributed by atoms with van der Waals surface area (Å²) in [4.78, 5) is 8.82. The third-order valence-corrected chi connectivity index (χ3v) is 2.09. The maximum absolute atomic E-state index is 4.49. The van der Waals surface area contributed by atoms with Gasteiger partial charge < -0.3 is 5.32 Å². The molecule has 0 atom stereocenters.